The third kappa shape index (κ3) is 7.75. The van der Waals surface area contributed by atoms with Gasteiger partial charge in [0.25, 0.3) is 5.91 Å². The zero-order valence-electron chi connectivity index (χ0n) is 27.6. The summed E-state index contributed by atoms with van der Waals surface area (Å²) in [4.78, 5) is 29.3. The van der Waals surface area contributed by atoms with E-state index in [1.165, 1.54) is 17.3 Å². The van der Waals surface area contributed by atoms with Gasteiger partial charge in [0, 0.05) is 48.7 Å². The third-order valence-electron chi connectivity index (χ3n) is 8.94. The molecule has 2 saturated carbocycles. The van der Waals surface area contributed by atoms with Gasteiger partial charge in [0.1, 0.15) is 5.82 Å². The number of hydrogen-bond donors (Lipinski definition) is 2. The Morgan fingerprint density at radius 2 is 1.43 bits per heavy atom. The Balaban J connectivity index is 1.55. The first-order valence-electron chi connectivity index (χ1n) is 16.2. The molecular weight excluding hydrogens is 650 g/mol. The number of H-pyrrole nitrogens is 1. The number of aromatic amines is 1. The lowest BCUT2D eigenvalue weighted by Gasteiger charge is -2.34. The number of amides is 1. The number of nitrogens with one attached hydrogen (secondary N) is 1. The van der Waals surface area contributed by atoms with Crippen LogP contribution in [0.15, 0.2) is 30.6 Å². The van der Waals surface area contributed by atoms with Crippen molar-refractivity contribution < 1.29 is 31.1 Å². The highest BCUT2D eigenvalue weighted by atomic mass is 19.4. The fourth-order valence-electron chi connectivity index (χ4n) is 6.27. The van der Waals surface area contributed by atoms with Crippen molar-refractivity contribution >= 4 is 28.7 Å². The molecule has 0 unspecified atom stereocenters. The summed E-state index contributed by atoms with van der Waals surface area (Å²) in [6, 6.07) is 1.52. The fourth-order valence-corrected chi connectivity index (χ4v) is 6.27. The standard InChI is InChI=1S/C34H38F6N8O/c1-18-26-27(32(2,3)4)25(30(44-29(26)46-45-18)47(14-19-5-6-19)15-20-7-8-20)17-48(31-42-12-22(13-43-31)28(41)49)16-21-9-23(33(35,36)37)11-24(10-21)34(38,39)40/h9-13,19-20H,5-8,14-17H2,1-4H3,(H2,41,49)(H,44,45,46). The Bertz CT molecular complexity index is 1810. The molecule has 3 aromatic heterocycles. The summed E-state index contributed by atoms with van der Waals surface area (Å²) in [6.07, 6.45) is -3.30. The topological polar surface area (TPSA) is 117 Å². The van der Waals surface area contributed by atoms with Gasteiger partial charge < -0.3 is 15.5 Å². The van der Waals surface area contributed by atoms with Crippen LogP contribution in [0.4, 0.5) is 38.1 Å². The van der Waals surface area contributed by atoms with Crippen molar-refractivity contribution in [3.63, 3.8) is 0 Å². The Morgan fingerprint density at radius 3 is 1.90 bits per heavy atom. The second-order valence-corrected chi connectivity index (χ2v) is 14.3. The van der Waals surface area contributed by atoms with E-state index in [9.17, 15) is 31.1 Å². The number of anilines is 2. The summed E-state index contributed by atoms with van der Waals surface area (Å²) in [5.41, 5.74) is 4.76. The normalized spacial score (nSPS) is 15.6. The number of halogens is 6. The second kappa shape index (κ2) is 12.5. The number of aryl methyl sites for hydroxylation is 1. The molecule has 0 radical (unpaired) electrons. The van der Waals surface area contributed by atoms with Gasteiger partial charge in [0.2, 0.25) is 5.95 Å². The number of hydrogen-bond acceptors (Lipinski definition) is 7. The molecule has 3 heterocycles. The Labute approximate surface area is 279 Å². The molecule has 3 N–H and O–H groups in total. The van der Waals surface area contributed by atoms with Crippen LogP contribution in [0.2, 0.25) is 0 Å². The van der Waals surface area contributed by atoms with Crippen LogP contribution in [-0.4, -0.2) is 44.1 Å². The minimum atomic E-state index is -5.02. The number of aromatic nitrogens is 5. The maximum atomic E-state index is 13.9. The monoisotopic (exact) mass is 688 g/mol. The van der Waals surface area contributed by atoms with Crippen molar-refractivity contribution in [3.05, 3.63) is 69.7 Å². The predicted octanol–water partition coefficient (Wildman–Crippen LogP) is 7.32. The molecule has 0 bridgehead atoms. The number of rotatable bonds is 11. The maximum absolute atomic E-state index is 13.9. The van der Waals surface area contributed by atoms with Crippen molar-refractivity contribution in [1.82, 2.24) is 25.1 Å². The highest BCUT2D eigenvalue weighted by Crippen LogP contribution is 2.43. The number of fused-ring (bicyclic) bond motifs is 1. The van der Waals surface area contributed by atoms with Crippen LogP contribution in [-0.2, 0) is 30.9 Å². The number of pyridine rings is 1. The van der Waals surface area contributed by atoms with Crippen molar-refractivity contribution in [2.24, 2.45) is 17.6 Å². The van der Waals surface area contributed by atoms with Crippen LogP contribution in [0, 0.1) is 18.8 Å². The average Bonchev–Trinajstić information content (AvgIpc) is 3.95. The van der Waals surface area contributed by atoms with E-state index >= 15 is 0 Å². The van der Waals surface area contributed by atoms with E-state index in [4.69, 9.17) is 10.7 Å². The molecule has 2 aliphatic rings. The Hall–Kier alpha value is -4.43. The first kappa shape index (κ1) is 34.4. The molecule has 4 aromatic rings. The van der Waals surface area contributed by atoms with Crippen molar-refractivity contribution in [2.75, 3.05) is 22.9 Å². The van der Waals surface area contributed by atoms with E-state index in [1.807, 2.05) is 27.7 Å². The molecule has 2 aliphatic carbocycles. The van der Waals surface area contributed by atoms with E-state index in [1.54, 1.807) is 0 Å². The van der Waals surface area contributed by atoms with Crippen molar-refractivity contribution in [3.8, 4) is 0 Å². The third-order valence-corrected chi connectivity index (χ3v) is 8.94. The van der Waals surface area contributed by atoms with Gasteiger partial charge in [-0.15, -0.1) is 0 Å². The molecule has 0 aliphatic heterocycles. The summed E-state index contributed by atoms with van der Waals surface area (Å²) in [6.45, 7) is 9.10. The number of carbonyl (C=O) groups is 1. The molecule has 1 aromatic carbocycles. The highest BCUT2D eigenvalue weighted by Gasteiger charge is 2.38. The second-order valence-electron chi connectivity index (χ2n) is 14.3. The summed E-state index contributed by atoms with van der Waals surface area (Å²) < 4.78 is 83.3. The van der Waals surface area contributed by atoms with Gasteiger partial charge in [-0.2, -0.15) is 31.4 Å². The lowest BCUT2D eigenvalue weighted by molar-refractivity contribution is -0.143. The molecule has 15 heteroatoms. The number of nitrogens with two attached hydrogens (primary N) is 1. The average molecular weight is 689 g/mol. The summed E-state index contributed by atoms with van der Waals surface area (Å²) in [5, 5.41) is 8.35. The van der Waals surface area contributed by atoms with E-state index in [0.29, 0.717) is 35.4 Å². The minimum absolute atomic E-state index is 0.00431. The van der Waals surface area contributed by atoms with Crippen LogP contribution in [0.25, 0.3) is 11.0 Å². The highest BCUT2D eigenvalue weighted by molar-refractivity contribution is 5.92. The molecule has 0 spiro atoms. The molecule has 0 atom stereocenters. The Morgan fingerprint density at radius 1 is 0.878 bits per heavy atom. The summed E-state index contributed by atoms with van der Waals surface area (Å²) in [7, 11) is 0. The summed E-state index contributed by atoms with van der Waals surface area (Å²) >= 11 is 0. The van der Waals surface area contributed by atoms with Crippen molar-refractivity contribution in [1.29, 1.82) is 0 Å². The molecule has 1 amide bonds. The largest absolute Gasteiger partial charge is 0.416 e. The molecule has 262 valence electrons. The quantitative estimate of drug-likeness (QED) is 0.159. The van der Waals surface area contributed by atoms with Crippen LogP contribution in [0.5, 0.6) is 0 Å². The molecule has 9 nitrogen and oxygen atoms in total. The van der Waals surface area contributed by atoms with Crippen LogP contribution in [0.1, 0.15) is 90.3 Å². The van der Waals surface area contributed by atoms with Gasteiger partial charge in [0.05, 0.1) is 23.2 Å². The number of nitrogens with zero attached hydrogens (tertiary/aromatic N) is 6. The maximum Gasteiger partial charge on any atom is 0.416 e. The van der Waals surface area contributed by atoms with E-state index < -0.39 is 41.3 Å². The number of benzene rings is 1. The van der Waals surface area contributed by atoms with Gasteiger partial charge in [-0.05, 0) is 79.2 Å². The van der Waals surface area contributed by atoms with Crippen molar-refractivity contribution in [2.45, 2.75) is 84.2 Å². The molecule has 49 heavy (non-hydrogen) atoms. The zero-order chi connectivity index (χ0) is 35.5. The first-order chi connectivity index (χ1) is 22.9. The molecular formula is C34H38F6N8O. The van der Waals surface area contributed by atoms with Crippen LogP contribution < -0.4 is 15.5 Å². The fraction of sp³-hybridized carbons (Fsp3) is 0.500. The van der Waals surface area contributed by atoms with Crippen LogP contribution in [0.3, 0.4) is 0 Å². The zero-order valence-corrected chi connectivity index (χ0v) is 27.6. The smallest absolute Gasteiger partial charge is 0.366 e. The van der Waals surface area contributed by atoms with Crippen LogP contribution >= 0.6 is 0 Å². The van der Waals surface area contributed by atoms with Gasteiger partial charge in [-0.3, -0.25) is 9.89 Å². The molecule has 0 saturated heterocycles. The number of alkyl halides is 6. The number of primary amides is 1. The lowest BCUT2D eigenvalue weighted by Crippen LogP contribution is -2.34. The molecule has 2 fully saturated rings. The van der Waals surface area contributed by atoms with Gasteiger partial charge in [-0.25, -0.2) is 15.0 Å². The molecule has 6 rings (SSSR count). The minimum Gasteiger partial charge on any atom is -0.366 e. The lowest BCUT2D eigenvalue weighted by atomic mass is 9.81. The van der Waals surface area contributed by atoms with E-state index in [-0.39, 0.29) is 29.7 Å². The predicted molar refractivity (Wildman–Crippen MR) is 172 cm³/mol. The van der Waals surface area contributed by atoms with E-state index in [2.05, 4.69) is 25.1 Å². The van der Waals surface area contributed by atoms with E-state index in [0.717, 1.165) is 61.0 Å². The summed E-state index contributed by atoms with van der Waals surface area (Å²) in [5.74, 6) is 0.858. The van der Waals surface area contributed by atoms with Gasteiger partial charge >= 0.3 is 12.4 Å². The Kier molecular flexibility index (Phi) is 8.76. The van der Waals surface area contributed by atoms with Gasteiger partial charge in [-0.1, -0.05) is 20.8 Å². The SMILES string of the molecule is Cc1[nH]nc2nc(N(CC3CC3)CC3CC3)c(CN(Cc3cc(C(F)(F)F)cc(C(F)(F)F)c3)c3ncc(C(N)=O)cn3)c(C(C)(C)C)c12. The van der Waals surface area contributed by atoms with Gasteiger partial charge in [0.15, 0.2) is 5.65 Å². The first-order valence-corrected chi connectivity index (χ1v) is 16.2. The number of carbonyl (C=O) groups excluding carboxylic acids is 1.